The van der Waals surface area contributed by atoms with Crippen LogP contribution in [0.5, 0.6) is 5.75 Å². The quantitative estimate of drug-likeness (QED) is 0.785. The molecular weight excluding hydrogens is 302 g/mol. The van der Waals surface area contributed by atoms with Gasteiger partial charge in [0.2, 0.25) is 5.95 Å². The fourth-order valence-corrected chi connectivity index (χ4v) is 2.79. The molecule has 0 saturated carbocycles. The lowest BCUT2D eigenvalue weighted by atomic mass is 9.98. The van der Waals surface area contributed by atoms with Crippen LogP contribution in [-0.4, -0.2) is 37.2 Å². The van der Waals surface area contributed by atoms with E-state index in [1.807, 2.05) is 32.2 Å². The first kappa shape index (κ1) is 16.3. The highest BCUT2D eigenvalue weighted by Gasteiger charge is 2.12. The van der Waals surface area contributed by atoms with Crippen molar-refractivity contribution in [3.63, 3.8) is 0 Å². The Kier molecular flexibility index (Phi) is 4.96. The van der Waals surface area contributed by atoms with Crippen LogP contribution in [0.25, 0.3) is 5.57 Å². The highest BCUT2D eigenvalue weighted by Crippen LogP contribution is 2.32. The molecule has 24 heavy (non-hydrogen) atoms. The monoisotopic (exact) mass is 325 g/mol. The fraction of sp³-hybridized carbons (Fsp3) is 0.333. The first-order valence-electron chi connectivity index (χ1n) is 8.08. The van der Waals surface area contributed by atoms with Gasteiger partial charge in [0.05, 0.1) is 7.11 Å². The van der Waals surface area contributed by atoms with E-state index in [2.05, 4.69) is 38.1 Å². The molecule has 6 nitrogen and oxygen atoms in total. The van der Waals surface area contributed by atoms with Gasteiger partial charge in [0.25, 0.3) is 0 Å². The second-order valence-electron chi connectivity index (χ2n) is 5.69. The van der Waals surface area contributed by atoms with E-state index in [0.717, 1.165) is 48.0 Å². The lowest BCUT2D eigenvalue weighted by Crippen LogP contribution is -2.20. The standard InChI is InChI=1S/C18H23N5O/c1-12-10-17(19-2)23-18(21-12)22-14-4-5-16(24-3)15(11-14)13-6-8-20-9-7-13/h4-6,10-11,20H,7-9H2,1-3H3,(H2,19,21,22,23). The molecule has 0 saturated heterocycles. The van der Waals surface area contributed by atoms with Crippen LogP contribution in [0.1, 0.15) is 17.7 Å². The zero-order chi connectivity index (χ0) is 16.9. The van der Waals surface area contributed by atoms with Gasteiger partial charge in [0, 0.05) is 36.6 Å². The maximum absolute atomic E-state index is 5.53. The molecule has 2 aromatic rings. The number of anilines is 3. The Bertz CT molecular complexity index is 757. The minimum absolute atomic E-state index is 0.578. The molecule has 0 spiro atoms. The molecule has 0 radical (unpaired) electrons. The van der Waals surface area contributed by atoms with E-state index in [0.29, 0.717) is 5.95 Å². The van der Waals surface area contributed by atoms with Gasteiger partial charge in [-0.3, -0.25) is 0 Å². The van der Waals surface area contributed by atoms with E-state index in [1.54, 1.807) is 7.11 Å². The summed E-state index contributed by atoms with van der Waals surface area (Å²) in [7, 11) is 3.55. The summed E-state index contributed by atoms with van der Waals surface area (Å²) in [5, 5.41) is 9.67. The Morgan fingerprint density at radius 2 is 2.08 bits per heavy atom. The Morgan fingerprint density at radius 1 is 1.21 bits per heavy atom. The minimum Gasteiger partial charge on any atom is -0.496 e. The normalized spacial score (nSPS) is 14.0. The van der Waals surface area contributed by atoms with Crippen LogP contribution in [0.15, 0.2) is 30.3 Å². The summed E-state index contributed by atoms with van der Waals surface area (Å²) in [5.41, 5.74) is 4.27. The summed E-state index contributed by atoms with van der Waals surface area (Å²) in [4.78, 5) is 8.89. The molecule has 0 fully saturated rings. The van der Waals surface area contributed by atoms with Gasteiger partial charge in [-0.15, -0.1) is 0 Å². The first-order chi connectivity index (χ1) is 11.7. The molecule has 0 amide bonds. The molecule has 6 heteroatoms. The number of aryl methyl sites for hydroxylation is 1. The summed E-state index contributed by atoms with van der Waals surface area (Å²) < 4.78 is 5.53. The van der Waals surface area contributed by atoms with E-state index < -0.39 is 0 Å². The molecule has 0 aliphatic carbocycles. The maximum atomic E-state index is 5.53. The van der Waals surface area contributed by atoms with Crippen LogP contribution in [0, 0.1) is 6.92 Å². The second kappa shape index (κ2) is 7.31. The molecule has 1 aromatic carbocycles. The van der Waals surface area contributed by atoms with Crippen LogP contribution in [0.3, 0.4) is 0 Å². The SMILES string of the molecule is CNc1cc(C)nc(Nc2ccc(OC)c(C3=CCNCC3)c2)n1. The Labute approximate surface area is 142 Å². The molecule has 0 unspecified atom stereocenters. The van der Waals surface area contributed by atoms with E-state index in [4.69, 9.17) is 4.74 Å². The van der Waals surface area contributed by atoms with Crippen molar-refractivity contribution in [2.45, 2.75) is 13.3 Å². The van der Waals surface area contributed by atoms with E-state index in [9.17, 15) is 0 Å². The minimum atomic E-state index is 0.578. The second-order valence-corrected chi connectivity index (χ2v) is 5.69. The predicted octanol–water partition coefficient (Wildman–Crippen LogP) is 2.96. The van der Waals surface area contributed by atoms with E-state index in [-0.39, 0.29) is 0 Å². The molecule has 0 atom stereocenters. The molecule has 3 N–H and O–H groups in total. The van der Waals surface area contributed by atoms with Crippen molar-refractivity contribution >= 4 is 23.0 Å². The van der Waals surface area contributed by atoms with Crippen molar-refractivity contribution in [2.75, 3.05) is 37.9 Å². The number of nitrogens with one attached hydrogen (secondary N) is 3. The van der Waals surface area contributed by atoms with Crippen molar-refractivity contribution in [3.05, 3.63) is 41.6 Å². The van der Waals surface area contributed by atoms with Gasteiger partial charge >= 0.3 is 0 Å². The smallest absolute Gasteiger partial charge is 0.229 e. The third-order valence-corrected chi connectivity index (χ3v) is 3.98. The number of hydrogen-bond acceptors (Lipinski definition) is 6. The summed E-state index contributed by atoms with van der Waals surface area (Å²) in [6, 6.07) is 7.97. The Hall–Kier alpha value is -2.60. The summed E-state index contributed by atoms with van der Waals surface area (Å²) in [5.74, 6) is 2.25. The Balaban J connectivity index is 1.91. The number of rotatable bonds is 5. The largest absolute Gasteiger partial charge is 0.496 e. The van der Waals surface area contributed by atoms with E-state index in [1.165, 1.54) is 5.57 Å². The fourth-order valence-electron chi connectivity index (χ4n) is 2.79. The van der Waals surface area contributed by atoms with Crippen molar-refractivity contribution < 1.29 is 4.74 Å². The number of ether oxygens (including phenoxy) is 1. The molecule has 1 aromatic heterocycles. The van der Waals surface area contributed by atoms with Crippen LogP contribution >= 0.6 is 0 Å². The van der Waals surface area contributed by atoms with Crippen molar-refractivity contribution in [3.8, 4) is 5.75 Å². The zero-order valence-corrected chi connectivity index (χ0v) is 14.3. The van der Waals surface area contributed by atoms with Gasteiger partial charge < -0.3 is 20.7 Å². The number of nitrogens with zero attached hydrogens (tertiary/aromatic N) is 2. The first-order valence-corrected chi connectivity index (χ1v) is 8.08. The molecule has 2 heterocycles. The highest BCUT2D eigenvalue weighted by molar-refractivity contribution is 5.75. The lowest BCUT2D eigenvalue weighted by Gasteiger charge is -2.18. The third kappa shape index (κ3) is 3.65. The molecule has 126 valence electrons. The summed E-state index contributed by atoms with van der Waals surface area (Å²) in [6.07, 6.45) is 3.21. The summed E-state index contributed by atoms with van der Waals surface area (Å²) in [6.45, 7) is 3.83. The Morgan fingerprint density at radius 3 is 2.79 bits per heavy atom. The van der Waals surface area contributed by atoms with Crippen LogP contribution < -0.4 is 20.7 Å². The van der Waals surface area contributed by atoms with Gasteiger partial charge in [-0.2, -0.15) is 4.98 Å². The number of aromatic nitrogens is 2. The molecule has 1 aliphatic heterocycles. The number of methoxy groups -OCH3 is 1. The van der Waals surface area contributed by atoms with E-state index >= 15 is 0 Å². The predicted molar refractivity (Wildman–Crippen MR) is 98.1 cm³/mol. The molecular formula is C18H23N5O. The molecule has 1 aliphatic rings. The van der Waals surface area contributed by atoms with Crippen LogP contribution in [-0.2, 0) is 0 Å². The lowest BCUT2D eigenvalue weighted by molar-refractivity contribution is 0.413. The van der Waals surface area contributed by atoms with Gasteiger partial charge in [0.1, 0.15) is 11.6 Å². The zero-order valence-electron chi connectivity index (χ0n) is 14.3. The molecule has 0 bridgehead atoms. The van der Waals surface area contributed by atoms with Crippen LogP contribution in [0.4, 0.5) is 17.5 Å². The van der Waals surface area contributed by atoms with Gasteiger partial charge in [-0.25, -0.2) is 4.98 Å². The van der Waals surface area contributed by atoms with Gasteiger partial charge in [0.15, 0.2) is 0 Å². The average molecular weight is 325 g/mol. The van der Waals surface area contributed by atoms with Gasteiger partial charge in [-0.05, 0) is 43.7 Å². The summed E-state index contributed by atoms with van der Waals surface area (Å²) >= 11 is 0. The number of benzene rings is 1. The third-order valence-electron chi connectivity index (χ3n) is 3.98. The topological polar surface area (TPSA) is 71.1 Å². The average Bonchev–Trinajstić information content (AvgIpc) is 2.62. The maximum Gasteiger partial charge on any atom is 0.229 e. The van der Waals surface area contributed by atoms with Crippen molar-refractivity contribution in [1.29, 1.82) is 0 Å². The van der Waals surface area contributed by atoms with Crippen molar-refractivity contribution in [1.82, 2.24) is 15.3 Å². The number of hydrogen-bond donors (Lipinski definition) is 3. The van der Waals surface area contributed by atoms with Crippen LogP contribution in [0.2, 0.25) is 0 Å². The van der Waals surface area contributed by atoms with Gasteiger partial charge in [-0.1, -0.05) is 6.08 Å². The van der Waals surface area contributed by atoms with Crippen molar-refractivity contribution in [2.24, 2.45) is 0 Å². The molecule has 3 rings (SSSR count). The highest BCUT2D eigenvalue weighted by atomic mass is 16.5.